The molecule has 12 fully saturated rings. The highest BCUT2D eigenvalue weighted by Gasteiger charge is 2.76. The largest absolute Gasteiger partial charge is 0.431 e. The van der Waals surface area contributed by atoms with E-state index in [-0.39, 0.29) is 213 Å². The zero-order chi connectivity index (χ0) is 101. The topological polar surface area (TPSA) is 355 Å². The highest BCUT2D eigenvalue weighted by molar-refractivity contribution is 8.01. The molecular weight excluding hydrogens is 1880 g/mol. The molecule has 3 aromatic carbocycles. The fraction of sp³-hybridized carbons (Fsp3) is 0.530. The van der Waals surface area contributed by atoms with Gasteiger partial charge >= 0.3 is 0 Å². The molecule has 0 aliphatic heterocycles. The van der Waals surface area contributed by atoms with E-state index >= 15 is 0 Å². The first-order chi connectivity index (χ1) is 67.3. The van der Waals surface area contributed by atoms with Crippen LogP contribution in [0.5, 0.6) is 0 Å². The molecule has 16 aliphatic rings. The number of thioether (sulfide) groups is 4. The summed E-state index contributed by atoms with van der Waals surface area (Å²) in [6.45, 7) is 24.0. The van der Waals surface area contributed by atoms with Crippen molar-refractivity contribution in [1.29, 1.82) is 0 Å². The Morgan fingerprint density at radius 2 is 0.739 bits per heavy atom. The van der Waals surface area contributed by atoms with Crippen LogP contribution < -0.4 is 0 Å². The second kappa shape index (κ2) is 36.2. The summed E-state index contributed by atoms with van der Waals surface area (Å²) in [5, 5.41) is 50.3. The minimum atomic E-state index is -1.59. The van der Waals surface area contributed by atoms with Gasteiger partial charge in [0.05, 0.1) is 49.3 Å². The minimum Gasteiger partial charge on any atom is -0.431 e. The van der Waals surface area contributed by atoms with Crippen molar-refractivity contribution in [3.8, 4) is 0 Å². The van der Waals surface area contributed by atoms with Crippen LogP contribution in [0.25, 0.3) is 32.3 Å². The van der Waals surface area contributed by atoms with Gasteiger partial charge in [-0.15, -0.1) is 11.3 Å². The van der Waals surface area contributed by atoms with E-state index in [0.717, 1.165) is 134 Å². The number of hydrogen-bond donors (Lipinski definition) is 4. The molecule has 0 bridgehead atoms. The van der Waals surface area contributed by atoms with Crippen LogP contribution in [0, 0.1) is 138 Å². The van der Waals surface area contributed by atoms with Crippen molar-refractivity contribution in [3.05, 3.63) is 192 Å². The third-order valence-corrected chi connectivity index (χ3v) is 44.3. The molecule has 0 amide bonds. The number of benzene rings is 3. The number of hydrogen-bond acceptors (Lipinski definition) is 26. The molecule has 0 saturated heterocycles. The number of thiazole rings is 1. The van der Waals surface area contributed by atoms with Gasteiger partial charge in [0.2, 0.25) is 0 Å². The van der Waals surface area contributed by atoms with Gasteiger partial charge in [0.25, 0.3) is 5.22 Å². The van der Waals surface area contributed by atoms with Crippen molar-refractivity contribution < 1.29 is 82.4 Å². The summed E-state index contributed by atoms with van der Waals surface area (Å²) >= 11 is 6.83. The lowest BCUT2D eigenvalue weighted by molar-refractivity contribution is -0.170. The molecule has 12 saturated carbocycles. The zero-order valence-electron chi connectivity index (χ0n) is 82.9. The summed E-state index contributed by atoms with van der Waals surface area (Å²) < 4.78 is 9.63. The summed E-state index contributed by atoms with van der Waals surface area (Å²) in [7, 11) is 1.94. The summed E-state index contributed by atoms with van der Waals surface area (Å²) in [6.07, 6.45) is 32.7. The number of carbonyl (C=O) groups excluding carboxylic acids is 12. The van der Waals surface area contributed by atoms with Crippen LogP contribution in [0.1, 0.15) is 186 Å². The summed E-state index contributed by atoms with van der Waals surface area (Å²) in [6, 6.07) is 28.8. The van der Waals surface area contributed by atoms with E-state index in [4.69, 9.17) is 4.42 Å². The Bertz CT molecular complexity index is 6520. The molecule has 4 aromatic heterocycles. The second-order valence-corrected chi connectivity index (χ2v) is 51.2. The van der Waals surface area contributed by atoms with E-state index in [1.54, 1.807) is 66.1 Å². The van der Waals surface area contributed by atoms with E-state index < -0.39 is 65.7 Å². The van der Waals surface area contributed by atoms with Gasteiger partial charge < -0.3 is 29.4 Å². The molecule has 142 heavy (non-hydrogen) atoms. The minimum absolute atomic E-state index is 0.00545. The number of fused-ring (bicyclic) bond motifs is 23. The third kappa shape index (κ3) is 15.3. The van der Waals surface area contributed by atoms with Gasteiger partial charge in [-0.1, -0.05) is 219 Å². The number of nitrogens with zero attached hydrogens (tertiary/aromatic N) is 5. The Morgan fingerprint density at radius 1 is 0.401 bits per heavy atom. The Labute approximate surface area is 849 Å². The Kier molecular flexibility index (Phi) is 25.5. The smallest absolute Gasteiger partial charge is 0.257 e. The number of rotatable bonds is 16. The van der Waals surface area contributed by atoms with Crippen LogP contribution in [-0.4, -0.2) is 160 Å². The fourth-order valence-corrected chi connectivity index (χ4v) is 36.9. The molecule has 20 unspecified atom stereocenters. The van der Waals surface area contributed by atoms with Crippen LogP contribution in [0.3, 0.4) is 0 Å². The van der Waals surface area contributed by atoms with Gasteiger partial charge in [-0.05, 0) is 245 Å². The maximum atomic E-state index is 13.9. The maximum Gasteiger partial charge on any atom is 0.257 e. The van der Waals surface area contributed by atoms with Gasteiger partial charge in [0.15, 0.2) is 61.3 Å². The number of pyridine rings is 1. The van der Waals surface area contributed by atoms with Crippen LogP contribution in [0.4, 0.5) is 0 Å². The molecular formula is C115H127N5O17S5. The molecule has 4 heterocycles. The van der Waals surface area contributed by atoms with E-state index in [0.29, 0.717) is 17.2 Å². The van der Waals surface area contributed by atoms with Gasteiger partial charge in [-0.3, -0.25) is 57.5 Å². The molecule has 22 nitrogen and oxygen atoms in total. The van der Waals surface area contributed by atoms with Crippen LogP contribution >= 0.6 is 58.4 Å². The van der Waals surface area contributed by atoms with Crippen molar-refractivity contribution in [2.24, 2.45) is 145 Å². The molecule has 0 spiro atoms. The maximum absolute atomic E-state index is 13.9. The normalized spacial score (nSPS) is 39.8. The monoisotopic (exact) mass is 2010 g/mol. The predicted octanol–water partition coefficient (Wildman–Crippen LogP) is 19.3. The number of para-hydroxylation sites is 5. The molecule has 27 heteroatoms. The number of aromatic nitrogens is 5. The van der Waals surface area contributed by atoms with Crippen LogP contribution in [0.2, 0.25) is 0 Å². The molecule has 23 rings (SSSR count). The number of oxazole rings is 1. The first kappa shape index (κ1) is 100. The number of aliphatic hydroxyl groups is 4. The summed E-state index contributed by atoms with van der Waals surface area (Å²) in [5.41, 5.74) is -2.87. The zero-order valence-corrected chi connectivity index (χ0v) is 87.0. The molecule has 16 aliphatic carbocycles. The van der Waals surface area contributed by atoms with Crippen molar-refractivity contribution in [2.45, 2.75) is 228 Å². The van der Waals surface area contributed by atoms with E-state index in [2.05, 4.69) is 47.6 Å². The number of ketones is 12. The average molecular weight is 2010 g/mol. The van der Waals surface area contributed by atoms with E-state index in [1.165, 1.54) is 47.0 Å². The highest BCUT2D eigenvalue weighted by atomic mass is 32.2. The third-order valence-electron chi connectivity index (χ3n) is 39.3. The lowest BCUT2D eigenvalue weighted by atomic mass is 9.46. The molecule has 0 radical (unpaired) electrons. The van der Waals surface area contributed by atoms with Gasteiger partial charge in [-0.25, -0.2) is 19.9 Å². The lowest BCUT2D eigenvalue weighted by Gasteiger charge is -2.56. The van der Waals surface area contributed by atoms with Gasteiger partial charge in [0, 0.05) is 106 Å². The number of allylic oxidation sites excluding steroid dienone is 16. The SMILES string of the molecule is C[C@@H]1CC2C3CCC4=CC(=O)C=CC4(C)C3C(=O)CC2(C)[C@@]1(O)C(=O)CSc1ccccn1.C[C@@H]1CC2C3CCC4=CC(=O)C=CC4(C)C3C(=O)CC2(C)[C@@]1(O)C(=O)CSc1nc2ccccc2n1C.C[C@@H]1CC2C3CCC4=CC(=O)C=CC4(C)C3C(=O)CC2(C)[C@@]1(O)C(=O)CSc1nc2ccccc2o1.C[C@@H]1CC2C3CCC4=CC(=O)C=CC4(C)C3C(=O)CC2(C)[C@@]1(O)C(=O)CSc1nc2ccccc2s1. The standard InChI is InChI=1S/C30H34N2O4S.C29H31NO5S.C29H31NO4S2.C27H31NO4S/c1-17-13-21-20-10-9-18-14-19(33)11-12-28(18,2)26(20)24(34)15-29(21,3)30(17,36)25(35)16-37-27-31-22-7-5-6-8-23(22)32(27)4;1-16-12-20-19-9-8-17-13-18(31)10-11-27(17,2)25(19)22(32)14-28(20,3)29(16,34)24(33)15-36-26-30-21-6-4-5-7-23(21)35-26;1-16-12-20-19-9-8-17-13-18(31)10-11-27(17,2)25(19)22(32)14-28(20,3)29(16,34)24(33)15-35-26-30-21-6-4-5-7-23(21)36-26;1-16-12-20-19-8-7-17-13-18(29)9-10-25(17,2)24(19)21(30)14-26(20,3)27(16,32)22(31)15-33-23-6-4-5-11-28-23/h5-8,11-12,14,17,20-21,26,36H,9-10,13,15-16H2,1-4H3;2*4-7,10-11,13,16,19-20,25,34H,8-9,12,14-15H2,1-3H3;4-6,9-11,13,16,19-20,24,32H,7-8,12,14-15H2,1-3H3/t17-,20?,21?,26?,28?,29?,30+;2*16-,19?,20?,25?,27?,28?,29+;16-,19?,20?,24?,25?,26?,27+/m1111/s1. The lowest BCUT2D eigenvalue weighted by Crippen LogP contribution is -2.61. The average Bonchev–Trinajstić information content (AvgIpc) is 1.51. The van der Waals surface area contributed by atoms with Crippen LogP contribution in [-0.2, 0) is 64.6 Å². The van der Waals surface area contributed by atoms with E-state index in [9.17, 15) is 78.0 Å². The first-order valence-electron chi connectivity index (χ1n) is 50.7. The first-order valence-corrected chi connectivity index (χ1v) is 55.5. The van der Waals surface area contributed by atoms with Crippen molar-refractivity contribution >= 4 is 160 Å². The number of aryl methyl sites for hydroxylation is 1. The summed E-state index contributed by atoms with van der Waals surface area (Å²) in [4.78, 5) is 176. The van der Waals surface area contributed by atoms with Crippen molar-refractivity contribution in [1.82, 2.24) is 24.5 Å². The second-order valence-electron chi connectivity index (χ2n) is 46.1. The van der Waals surface area contributed by atoms with Crippen LogP contribution in [0.15, 0.2) is 217 Å². The quantitative estimate of drug-likeness (QED) is 0.0653. The van der Waals surface area contributed by atoms with E-state index in [1.807, 2.05) is 182 Å². The Hall–Kier alpha value is -9.16. The number of carbonyl (C=O) groups is 12. The van der Waals surface area contributed by atoms with Crippen molar-refractivity contribution in [2.75, 3.05) is 23.0 Å². The van der Waals surface area contributed by atoms with Crippen molar-refractivity contribution in [3.63, 3.8) is 0 Å². The fourth-order valence-electron chi connectivity index (χ4n) is 32.3. The van der Waals surface area contributed by atoms with Gasteiger partial charge in [-0.2, -0.15) is 0 Å². The number of imidazole rings is 1. The molecule has 7 aromatic rings. The predicted molar refractivity (Wildman–Crippen MR) is 548 cm³/mol. The molecule has 28 atom stereocenters. The van der Waals surface area contributed by atoms with Gasteiger partial charge in [0.1, 0.15) is 51.1 Å². The molecule has 744 valence electrons. The molecule has 4 N–H and O–H groups in total. The highest BCUT2D eigenvalue weighted by Crippen LogP contribution is 2.74. The Balaban J connectivity index is 0.000000116. The Morgan fingerprint density at radius 3 is 1.11 bits per heavy atom. The summed E-state index contributed by atoms with van der Waals surface area (Å²) in [5.74, 6) is -1.17. The number of Topliss-reactive ketones (excluding diaryl/α,β-unsaturated/α-hetero) is 8.